The number of esters is 1. The van der Waals surface area contributed by atoms with Crippen LogP contribution < -0.4 is 10.6 Å². The molecular formula is C28H21N3O6. The summed E-state index contributed by atoms with van der Waals surface area (Å²) >= 11 is 0. The molecule has 0 atom stereocenters. The highest BCUT2D eigenvalue weighted by Crippen LogP contribution is 2.32. The van der Waals surface area contributed by atoms with Crippen molar-refractivity contribution < 1.29 is 28.1 Å². The van der Waals surface area contributed by atoms with Crippen molar-refractivity contribution in [2.75, 3.05) is 17.2 Å². The number of para-hydroxylation sites is 1. The lowest BCUT2D eigenvalue weighted by molar-refractivity contribution is 0.0526. The van der Waals surface area contributed by atoms with E-state index in [4.69, 9.17) is 13.7 Å². The number of anilines is 2. The highest BCUT2D eigenvalue weighted by Gasteiger charge is 2.24. The first kappa shape index (κ1) is 23.6. The topological polar surface area (TPSA) is 124 Å². The zero-order valence-electron chi connectivity index (χ0n) is 19.7. The Hall–Kier alpha value is -5.18. The molecule has 2 amide bonds. The van der Waals surface area contributed by atoms with Crippen LogP contribution in [0.4, 0.5) is 11.4 Å². The van der Waals surface area contributed by atoms with Crippen molar-refractivity contribution in [3.05, 3.63) is 102 Å². The smallest absolute Gasteiger partial charge is 0.338 e. The Morgan fingerprint density at radius 3 is 2.35 bits per heavy atom. The van der Waals surface area contributed by atoms with Crippen LogP contribution in [0.5, 0.6) is 0 Å². The van der Waals surface area contributed by atoms with Crippen LogP contribution in [0.3, 0.4) is 0 Å². The van der Waals surface area contributed by atoms with E-state index in [1.807, 2.05) is 30.3 Å². The van der Waals surface area contributed by atoms with Crippen molar-refractivity contribution in [2.24, 2.45) is 0 Å². The van der Waals surface area contributed by atoms with E-state index in [1.165, 1.54) is 6.07 Å². The van der Waals surface area contributed by atoms with E-state index in [0.29, 0.717) is 28.0 Å². The fourth-order valence-electron chi connectivity index (χ4n) is 3.72. The number of carbonyl (C=O) groups is 3. The predicted molar refractivity (Wildman–Crippen MR) is 136 cm³/mol. The van der Waals surface area contributed by atoms with Crippen molar-refractivity contribution >= 4 is 40.1 Å². The molecule has 0 spiro atoms. The number of carbonyl (C=O) groups excluding carboxylic acids is 3. The zero-order chi connectivity index (χ0) is 25.8. The average molecular weight is 495 g/mol. The summed E-state index contributed by atoms with van der Waals surface area (Å²) in [5.41, 5.74) is 2.23. The second-order valence-corrected chi connectivity index (χ2v) is 7.95. The van der Waals surface area contributed by atoms with Crippen LogP contribution in [-0.4, -0.2) is 29.5 Å². The average Bonchev–Trinajstić information content (AvgIpc) is 3.56. The van der Waals surface area contributed by atoms with Gasteiger partial charge in [-0.05, 0) is 43.3 Å². The van der Waals surface area contributed by atoms with E-state index in [-0.39, 0.29) is 23.7 Å². The SMILES string of the molecule is CCOC(=O)c1ccc(NC(=O)c2oc3ccccc3c2NC(=O)c2cc(-c3ccccc3)on2)cc1. The highest BCUT2D eigenvalue weighted by molar-refractivity contribution is 6.16. The molecular weight excluding hydrogens is 474 g/mol. The molecule has 0 aliphatic rings. The van der Waals surface area contributed by atoms with Crippen molar-refractivity contribution in [2.45, 2.75) is 6.92 Å². The summed E-state index contributed by atoms with van der Waals surface area (Å²) in [6.45, 7) is 1.99. The summed E-state index contributed by atoms with van der Waals surface area (Å²) in [6.07, 6.45) is 0. The van der Waals surface area contributed by atoms with Gasteiger partial charge >= 0.3 is 5.97 Å². The maximum Gasteiger partial charge on any atom is 0.338 e. The van der Waals surface area contributed by atoms with E-state index < -0.39 is 17.8 Å². The molecule has 0 fully saturated rings. The van der Waals surface area contributed by atoms with E-state index in [1.54, 1.807) is 55.5 Å². The van der Waals surface area contributed by atoms with Crippen molar-refractivity contribution in [3.63, 3.8) is 0 Å². The molecule has 2 heterocycles. The molecule has 0 radical (unpaired) electrons. The molecule has 0 saturated heterocycles. The van der Waals surface area contributed by atoms with Crippen molar-refractivity contribution in [1.82, 2.24) is 5.16 Å². The van der Waals surface area contributed by atoms with Gasteiger partial charge in [0.25, 0.3) is 11.8 Å². The first-order valence-corrected chi connectivity index (χ1v) is 11.5. The molecule has 9 heteroatoms. The van der Waals surface area contributed by atoms with Crippen LogP contribution in [0.1, 0.15) is 38.3 Å². The number of nitrogens with zero attached hydrogens (tertiary/aromatic N) is 1. The van der Waals surface area contributed by atoms with Gasteiger partial charge in [-0.3, -0.25) is 9.59 Å². The van der Waals surface area contributed by atoms with Gasteiger partial charge in [0.05, 0.1) is 12.2 Å². The fourth-order valence-corrected chi connectivity index (χ4v) is 3.72. The van der Waals surface area contributed by atoms with Crippen LogP contribution >= 0.6 is 0 Å². The molecule has 2 aromatic heterocycles. The van der Waals surface area contributed by atoms with Gasteiger partial charge in [0.1, 0.15) is 11.3 Å². The van der Waals surface area contributed by atoms with E-state index in [2.05, 4.69) is 15.8 Å². The van der Waals surface area contributed by atoms with Crippen LogP contribution in [-0.2, 0) is 4.74 Å². The minimum atomic E-state index is -0.583. The van der Waals surface area contributed by atoms with Gasteiger partial charge in [-0.15, -0.1) is 0 Å². The summed E-state index contributed by atoms with van der Waals surface area (Å²) in [7, 11) is 0. The monoisotopic (exact) mass is 495 g/mol. The quantitative estimate of drug-likeness (QED) is 0.275. The van der Waals surface area contributed by atoms with Gasteiger partial charge in [-0.25, -0.2) is 4.79 Å². The third-order valence-corrected chi connectivity index (χ3v) is 5.50. The number of furan rings is 1. The number of ether oxygens (including phenoxy) is 1. The first-order valence-electron chi connectivity index (χ1n) is 11.5. The summed E-state index contributed by atoms with van der Waals surface area (Å²) < 4.78 is 16.1. The number of aromatic nitrogens is 1. The third kappa shape index (κ3) is 4.96. The van der Waals surface area contributed by atoms with Crippen LogP contribution in [0.15, 0.2) is 93.9 Å². The van der Waals surface area contributed by atoms with Gasteiger partial charge in [0, 0.05) is 22.7 Å². The molecule has 0 unspecified atom stereocenters. The molecule has 37 heavy (non-hydrogen) atoms. The van der Waals surface area contributed by atoms with Gasteiger partial charge in [0.2, 0.25) is 5.76 Å². The van der Waals surface area contributed by atoms with E-state index in [9.17, 15) is 14.4 Å². The standard InChI is InChI=1S/C28H21N3O6/c1-2-35-28(34)18-12-14-19(15-13-18)29-27(33)25-24(20-10-6-7-11-22(20)36-25)30-26(32)21-16-23(37-31-21)17-8-4-3-5-9-17/h3-16H,2H2,1H3,(H,29,33)(H,30,32). The van der Waals surface area contributed by atoms with Crippen molar-refractivity contribution in [3.8, 4) is 11.3 Å². The third-order valence-electron chi connectivity index (χ3n) is 5.50. The molecule has 0 saturated carbocycles. The number of nitrogens with one attached hydrogen (secondary N) is 2. The normalized spacial score (nSPS) is 10.7. The lowest BCUT2D eigenvalue weighted by Gasteiger charge is -2.07. The van der Waals surface area contributed by atoms with E-state index >= 15 is 0 Å². The number of hydrogen-bond acceptors (Lipinski definition) is 7. The largest absolute Gasteiger partial charge is 0.462 e. The van der Waals surface area contributed by atoms with Crippen LogP contribution in [0.2, 0.25) is 0 Å². The van der Waals surface area contributed by atoms with Gasteiger partial charge in [-0.2, -0.15) is 0 Å². The summed E-state index contributed by atoms with van der Waals surface area (Å²) in [6, 6.07) is 24.0. The predicted octanol–water partition coefficient (Wildman–Crippen LogP) is 5.77. The molecule has 184 valence electrons. The Labute approximate surface area is 211 Å². The fraction of sp³-hybridized carbons (Fsp3) is 0.0714. The molecule has 5 aromatic rings. The minimum Gasteiger partial charge on any atom is -0.462 e. The molecule has 2 N–H and O–H groups in total. The molecule has 0 aliphatic heterocycles. The number of amides is 2. The minimum absolute atomic E-state index is 0.0463. The molecule has 0 bridgehead atoms. The number of benzene rings is 3. The highest BCUT2D eigenvalue weighted by atomic mass is 16.5. The summed E-state index contributed by atoms with van der Waals surface area (Å²) in [5.74, 6) is -1.25. The van der Waals surface area contributed by atoms with Crippen LogP contribution in [0.25, 0.3) is 22.3 Å². The summed E-state index contributed by atoms with van der Waals surface area (Å²) in [4.78, 5) is 38.1. The Bertz CT molecular complexity index is 1590. The number of fused-ring (bicyclic) bond motifs is 1. The lowest BCUT2D eigenvalue weighted by atomic mass is 10.1. The molecule has 9 nitrogen and oxygen atoms in total. The van der Waals surface area contributed by atoms with Gasteiger partial charge in [-0.1, -0.05) is 47.6 Å². The maximum atomic E-state index is 13.2. The van der Waals surface area contributed by atoms with E-state index in [0.717, 1.165) is 5.56 Å². The first-order chi connectivity index (χ1) is 18.0. The van der Waals surface area contributed by atoms with Gasteiger partial charge < -0.3 is 24.3 Å². The maximum absolute atomic E-state index is 13.2. The van der Waals surface area contributed by atoms with Crippen molar-refractivity contribution in [1.29, 1.82) is 0 Å². The zero-order valence-corrected chi connectivity index (χ0v) is 19.7. The Balaban J connectivity index is 1.39. The van der Waals surface area contributed by atoms with Crippen LogP contribution in [0, 0.1) is 0 Å². The molecule has 0 aliphatic carbocycles. The van der Waals surface area contributed by atoms with Gasteiger partial charge in [0.15, 0.2) is 11.5 Å². The Morgan fingerprint density at radius 1 is 0.865 bits per heavy atom. The Kier molecular flexibility index (Phi) is 6.50. The Morgan fingerprint density at radius 2 is 1.59 bits per heavy atom. The molecule has 5 rings (SSSR count). The second kappa shape index (κ2) is 10.2. The number of rotatable bonds is 7. The molecule has 3 aromatic carbocycles. The number of hydrogen-bond donors (Lipinski definition) is 2. The lowest BCUT2D eigenvalue weighted by Crippen LogP contribution is -2.17. The summed E-state index contributed by atoms with van der Waals surface area (Å²) in [5, 5.41) is 9.89. The second-order valence-electron chi connectivity index (χ2n) is 7.95.